The minimum Gasteiger partial charge on any atom is -0.492 e. The molecule has 0 saturated heterocycles. The molecule has 5 heterocycles. The van der Waals surface area contributed by atoms with E-state index in [9.17, 15) is 27.6 Å². The second-order valence-electron chi connectivity index (χ2n) is 13.3. The van der Waals surface area contributed by atoms with Crippen LogP contribution in [-0.4, -0.2) is 76.6 Å². The van der Waals surface area contributed by atoms with E-state index in [0.29, 0.717) is 39.6 Å². The van der Waals surface area contributed by atoms with Gasteiger partial charge < -0.3 is 30.3 Å². The van der Waals surface area contributed by atoms with Crippen LogP contribution in [0.1, 0.15) is 53.1 Å². The summed E-state index contributed by atoms with van der Waals surface area (Å²) in [6.07, 6.45) is -4.13. The fourth-order valence-corrected chi connectivity index (χ4v) is 5.58. The molecule has 3 amide bonds. The molecule has 4 aromatic rings. The predicted molar refractivity (Wildman–Crippen MR) is 192 cm³/mol. The first-order chi connectivity index (χ1) is 25.1. The number of carbonyl (C=O) groups is 3. The Morgan fingerprint density at radius 3 is 2.42 bits per heavy atom. The van der Waals surface area contributed by atoms with Gasteiger partial charge in [-0.2, -0.15) is 28.1 Å². The number of hydrogen-bond donors (Lipinski definition) is 3. The van der Waals surface area contributed by atoms with E-state index in [0.717, 1.165) is 5.56 Å². The van der Waals surface area contributed by atoms with E-state index in [2.05, 4.69) is 30.9 Å². The van der Waals surface area contributed by atoms with E-state index >= 15 is 0 Å². The van der Waals surface area contributed by atoms with Crippen LogP contribution in [0.25, 0.3) is 0 Å². The summed E-state index contributed by atoms with van der Waals surface area (Å²) >= 11 is 6.52. The largest absolute Gasteiger partial charge is 0.492 e. The summed E-state index contributed by atoms with van der Waals surface area (Å²) in [6, 6.07) is 18.3. The molecule has 12 nitrogen and oxygen atoms in total. The summed E-state index contributed by atoms with van der Waals surface area (Å²) in [4.78, 5) is 53.6. The summed E-state index contributed by atoms with van der Waals surface area (Å²) in [5.74, 6) is -1.35. The van der Waals surface area contributed by atoms with Gasteiger partial charge in [-0.3, -0.25) is 14.4 Å². The number of aryl methyl sites for hydroxylation is 1. The van der Waals surface area contributed by atoms with Gasteiger partial charge in [-0.15, -0.1) is 0 Å². The van der Waals surface area contributed by atoms with Gasteiger partial charge in [-0.1, -0.05) is 61.3 Å². The van der Waals surface area contributed by atoms with Gasteiger partial charge >= 0.3 is 24.0 Å². The Bertz CT molecular complexity index is 1930. The molecule has 6 bridgehead atoms. The van der Waals surface area contributed by atoms with Gasteiger partial charge in [0.1, 0.15) is 11.6 Å². The smallest absolute Gasteiger partial charge is 0.422 e. The zero-order valence-electron chi connectivity index (χ0n) is 29.3. The molecule has 4 aliphatic heterocycles. The van der Waals surface area contributed by atoms with Crippen molar-refractivity contribution in [3.8, 4) is 11.8 Å². The van der Waals surface area contributed by atoms with Crippen molar-refractivity contribution in [2.24, 2.45) is 5.41 Å². The maximum absolute atomic E-state index is 13.5. The maximum atomic E-state index is 13.5. The van der Waals surface area contributed by atoms with Gasteiger partial charge in [0.05, 0.1) is 11.6 Å². The summed E-state index contributed by atoms with van der Waals surface area (Å²) in [5.41, 5.74) is 2.58. The second kappa shape index (κ2) is 16.9. The number of aromatic nitrogens is 3. The van der Waals surface area contributed by atoms with E-state index in [1.54, 1.807) is 54.6 Å². The van der Waals surface area contributed by atoms with E-state index < -0.39 is 36.0 Å². The van der Waals surface area contributed by atoms with Crippen molar-refractivity contribution >= 4 is 41.0 Å². The number of anilines is 2. The van der Waals surface area contributed by atoms with Crippen LogP contribution in [0.3, 0.4) is 0 Å². The highest BCUT2D eigenvalue weighted by atomic mass is 35.5. The number of halogens is 4. The fourth-order valence-electron chi connectivity index (χ4n) is 5.33. The van der Waals surface area contributed by atoms with E-state index in [-0.39, 0.29) is 56.9 Å². The molecule has 8 rings (SSSR count). The van der Waals surface area contributed by atoms with Gasteiger partial charge in [0.25, 0.3) is 5.91 Å². The minimum absolute atomic E-state index is 0.0108. The van der Waals surface area contributed by atoms with Crippen LogP contribution in [0.5, 0.6) is 11.8 Å². The number of nitrogens with one attached hydrogen (secondary N) is 3. The first-order valence-corrected chi connectivity index (χ1v) is 17.1. The Morgan fingerprint density at radius 1 is 1.00 bits per heavy atom. The van der Waals surface area contributed by atoms with E-state index in [4.69, 9.17) is 21.1 Å². The molecule has 1 aromatic heterocycles. The molecule has 16 heteroatoms. The zero-order valence-corrected chi connectivity index (χ0v) is 30.1. The Labute approximate surface area is 309 Å². The topological polar surface area (TPSA) is 148 Å². The van der Waals surface area contributed by atoms with Crippen LogP contribution in [0.4, 0.5) is 24.8 Å². The number of hydrogen-bond acceptors (Lipinski definition) is 9. The standard InChI is InChI=1S/C37H39ClF3N7O5/c1-23-5-12-27(13-6-23)44-32(50)33(51)48-15-4-16-52-29-14-9-25(17-28(29)38)19-42-34-45-30(46-35(47-34)53-22-37(39,40)41)18-24-7-10-26(11-8-24)31(49)43-20-36(2,3)21-48/h5-14,17H,4,15-16,18-22H2,1-3H3,(H,43,49)(H,44,50)(H,42,45,46,47). The highest BCUT2D eigenvalue weighted by Crippen LogP contribution is 2.27. The SMILES string of the molecule is Cc1ccc(NC(=O)C(=O)N2CCCOc3ccc(cc3Cl)CNc3nc(nc(OCC(F)(F)F)n3)Cc3ccc(cc3)C(=O)NCC(C)(C)C2)cc1. The molecule has 3 aromatic carbocycles. The molecule has 0 radical (unpaired) electrons. The molecule has 53 heavy (non-hydrogen) atoms. The number of ether oxygens (including phenoxy) is 2. The van der Waals surface area contributed by atoms with Crippen molar-refractivity contribution in [3.63, 3.8) is 0 Å². The molecule has 3 N–H and O–H groups in total. The molecular weight excluding hydrogens is 715 g/mol. The lowest BCUT2D eigenvalue weighted by molar-refractivity contribution is -0.154. The fraction of sp³-hybridized carbons (Fsp3) is 0.351. The molecule has 0 spiro atoms. The van der Waals surface area contributed by atoms with Crippen LogP contribution in [0, 0.1) is 12.3 Å². The lowest BCUT2D eigenvalue weighted by Gasteiger charge is -2.32. The van der Waals surface area contributed by atoms with Gasteiger partial charge in [0.2, 0.25) is 5.95 Å². The summed E-state index contributed by atoms with van der Waals surface area (Å²) in [5, 5.41) is 8.86. The molecule has 280 valence electrons. The lowest BCUT2D eigenvalue weighted by Crippen LogP contribution is -2.48. The second-order valence-corrected chi connectivity index (χ2v) is 13.8. The number of nitrogens with zero attached hydrogens (tertiary/aromatic N) is 4. The lowest BCUT2D eigenvalue weighted by atomic mass is 9.92. The van der Waals surface area contributed by atoms with Crippen LogP contribution >= 0.6 is 11.6 Å². The molecule has 0 aliphatic carbocycles. The Morgan fingerprint density at radius 2 is 1.72 bits per heavy atom. The third-order valence-electron chi connectivity index (χ3n) is 8.02. The number of carbonyl (C=O) groups excluding carboxylic acids is 3. The van der Waals surface area contributed by atoms with E-state index in [1.807, 2.05) is 32.9 Å². The van der Waals surface area contributed by atoms with Gasteiger partial charge in [-0.05, 0) is 66.3 Å². The third kappa shape index (κ3) is 11.8. The highest BCUT2D eigenvalue weighted by Gasteiger charge is 2.30. The van der Waals surface area contributed by atoms with Crippen LogP contribution in [-0.2, 0) is 22.6 Å². The molecule has 0 saturated carbocycles. The number of rotatable bonds is 3. The molecular formula is C37H39ClF3N7O5. The zero-order chi connectivity index (χ0) is 38.2. The first kappa shape index (κ1) is 38.8. The van der Waals surface area contributed by atoms with Crippen molar-refractivity contribution in [1.29, 1.82) is 0 Å². The van der Waals surface area contributed by atoms with E-state index in [1.165, 1.54) is 4.90 Å². The van der Waals surface area contributed by atoms with Gasteiger partial charge in [0.15, 0.2) is 6.61 Å². The van der Waals surface area contributed by atoms with Crippen molar-refractivity contribution in [1.82, 2.24) is 25.2 Å². The van der Waals surface area contributed by atoms with Crippen molar-refractivity contribution in [3.05, 3.63) is 99.8 Å². The summed E-state index contributed by atoms with van der Waals surface area (Å²) in [6.45, 7) is 4.93. The van der Waals surface area contributed by atoms with Crippen molar-refractivity contribution < 1.29 is 37.0 Å². The van der Waals surface area contributed by atoms with Crippen molar-refractivity contribution in [2.75, 3.05) is 43.5 Å². The monoisotopic (exact) mass is 753 g/mol. The van der Waals surface area contributed by atoms with Gasteiger partial charge in [0, 0.05) is 43.9 Å². The summed E-state index contributed by atoms with van der Waals surface area (Å²) in [7, 11) is 0. The normalized spacial score (nSPS) is 15.4. The summed E-state index contributed by atoms with van der Waals surface area (Å²) < 4.78 is 49.5. The molecule has 0 unspecified atom stereocenters. The number of alkyl halides is 3. The Balaban J connectivity index is 1.38. The van der Waals surface area contributed by atoms with Crippen LogP contribution in [0.2, 0.25) is 5.02 Å². The average molecular weight is 754 g/mol. The third-order valence-corrected chi connectivity index (χ3v) is 8.31. The quantitative estimate of drug-likeness (QED) is 0.215. The van der Waals surface area contributed by atoms with Gasteiger partial charge in [-0.25, -0.2) is 0 Å². The highest BCUT2D eigenvalue weighted by molar-refractivity contribution is 6.39. The predicted octanol–water partition coefficient (Wildman–Crippen LogP) is 5.98. The number of benzene rings is 3. The Kier molecular flexibility index (Phi) is 12.4. The van der Waals surface area contributed by atoms with Crippen LogP contribution < -0.4 is 25.4 Å². The molecule has 0 fully saturated rings. The Hall–Kier alpha value is -5.44. The minimum atomic E-state index is -4.60. The maximum Gasteiger partial charge on any atom is 0.422 e. The first-order valence-electron chi connectivity index (χ1n) is 16.8. The van der Waals surface area contributed by atoms with Crippen molar-refractivity contribution in [2.45, 2.75) is 46.3 Å². The number of amides is 3. The van der Waals surface area contributed by atoms with Crippen LogP contribution in [0.15, 0.2) is 66.7 Å². The average Bonchev–Trinajstić information content (AvgIpc) is 3.11. The molecule has 0 atom stereocenters. The molecule has 4 aliphatic rings.